The highest BCUT2D eigenvalue weighted by molar-refractivity contribution is 5.73. The molecule has 0 saturated carbocycles. The Morgan fingerprint density at radius 3 is 1.29 bits per heavy atom. The average molecular weight is 439 g/mol. The largest absolute Gasteiger partial charge is 0.465 e. The molecule has 0 saturated heterocycles. The molecule has 0 spiro atoms. The van der Waals surface area contributed by atoms with Crippen molar-refractivity contribution in [2.24, 2.45) is 16.7 Å². The molecule has 0 bridgehead atoms. The van der Waals surface area contributed by atoms with E-state index in [1.165, 1.54) is 96.3 Å². The fraction of sp³-hybridized carbons (Fsp3) is 0.966. The summed E-state index contributed by atoms with van der Waals surface area (Å²) in [6, 6.07) is 0. The Labute approximate surface area is 196 Å². The number of hydrogen-bond acceptors (Lipinski definition) is 2. The van der Waals surface area contributed by atoms with Crippen molar-refractivity contribution in [3.63, 3.8) is 0 Å². The minimum Gasteiger partial charge on any atom is -0.465 e. The standard InChI is InChI=1S/C29H58O2/c1-8-9-10-11-12-13-14-15-16-17-18-19-20-21-22-23-24-31-27(30)26(29(5,6)7)25-28(2,3)4/h26H,8-25H2,1-7H3. The normalized spacial score (nSPS) is 13.4. The molecule has 0 aromatic rings. The van der Waals surface area contributed by atoms with Crippen LogP contribution in [0.3, 0.4) is 0 Å². The van der Waals surface area contributed by atoms with Gasteiger partial charge in [0.05, 0.1) is 12.5 Å². The Kier molecular flexibility index (Phi) is 17.7. The number of carbonyl (C=O) groups is 1. The van der Waals surface area contributed by atoms with Gasteiger partial charge in [-0.2, -0.15) is 0 Å². The van der Waals surface area contributed by atoms with Gasteiger partial charge in [0.25, 0.3) is 0 Å². The van der Waals surface area contributed by atoms with E-state index in [1.54, 1.807) is 0 Å². The lowest BCUT2D eigenvalue weighted by atomic mass is 9.72. The molecular formula is C29H58O2. The van der Waals surface area contributed by atoms with Crippen molar-refractivity contribution < 1.29 is 9.53 Å². The molecule has 0 radical (unpaired) electrons. The van der Waals surface area contributed by atoms with Crippen molar-refractivity contribution in [3.05, 3.63) is 0 Å². The number of unbranched alkanes of at least 4 members (excludes halogenated alkanes) is 15. The van der Waals surface area contributed by atoms with E-state index < -0.39 is 0 Å². The second kappa shape index (κ2) is 18.0. The third-order valence-corrected chi connectivity index (χ3v) is 6.39. The van der Waals surface area contributed by atoms with Crippen LogP contribution < -0.4 is 0 Å². The summed E-state index contributed by atoms with van der Waals surface area (Å²) in [7, 11) is 0. The Balaban J connectivity index is 3.55. The molecule has 31 heavy (non-hydrogen) atoms. The van der Waals surface area contributed by atoms with Crippen LogP contribution in [0.15, 0.2) is 0 Å². The van der Waals surface area contributed by atoms with Gasteiger partial charge >= 0.3 is 5.97 Å². The van der Waals surface area contributed by atoms with Crippen LogP contribution in [0, 0.1) is 16.7 Å². The lowest BCUT2D eigenvalue weighted by molar-refractivity contribution is -0.154. The molecule has 0 aliphatic heterocycles. The van der Waals surface area contributed by atoms with Crippen molar-refractivity contribution in [1.29, 1.82) is 0 Å². The smallest absolute Gasteiger partial charge is 0.309 e. The molecule has 0 N–H and O–H groups in total. The molecule has 1 unspecified atom stereocenters. The molecular weight excluding hydrogens is 380 g/mol. The predicted octanol–water partition coefficient (Wildman–Crippen LogP) is 9.89. The first-order chi connectivity index (χ1) is 14.6. The first-order valence-electron chi connectivity index (χ1n) is 13.7. The number of rotatable bonds is 19. The van der Waals surface area contributed by atoms with Crippen molar-refractivity contribution in [1.82, 2.24) is 0 Å². The van der Waals surface area contributed by atoms with Gasteiger partial charge < -0.3 is 4.74 Å². The summed E-state index contributed by atoms with van der Waals surface area (Å²) in [5.41, 5.74) is 0.101. The minimum absolute atomic E-state index is 0.00313. The van der Waals surface area contributed by atoms with Crippen molar-refractivity contribution in [3.8, 4) is 0 Å². The summed E-state index contributed by atoms with van der Waals surface area (Å²) in [4.78, 5) is 12.6. The van der Waals surface area contributed by atoms with E-state index in [0.29, 0.717) is 6.61 Å². The molecule has 0 aliphatic rings. The zero-order valence-electron chi connectivity index (χ0n) is 22.6. The van der Waals surface area contributed by atoms with Gasteiger partial charge in [0.2, 0.25) is 0 Å². The molecule has 186 valence electrons. The van der Waals surface area contributed by atoms with E-state index in [2.05, 4.69) is 48.5 Å². The van der Waals surface area contributed by atoms with Crippen LogP contribution in [0.4, 0.5) is 0 Å². The van der Waals surface area contributed by atoms with Crippen molar-refractivity contribution in [2.75, 3.05) is 6.61 Å². The number of hydrogen-bond donors (Lipinski definition) is 0. The van der Waals surface area contributed by atoms with Gasteiger partial charge in [-0.1, -0.05) is 145 Å². The van der Waals surface area contributed by atoms with E-state index >= 15 is 0 Å². The van der Waals surface area contributed by atoms with Crippen molar-refractivity contribution in [2.45, 2.75) is 158 Å². The fourth-order valence-electron chi connectivity index (χ4n) is 4.28. The monoisotopic (exact) mass is 438 g/mol. The van der Waals surface area contributed by atoms with Gasteiger partial charge in [-0.05, 0) is 23.7 Å². The van der Waals surface area contributed by atoms with Crippen LogP contribution >= 0.6 is 0 Å². The zero-order chi connectivity index (χ0) is 23.6. The molecule has 1 atom stereocenters. The first kappa shape index (κ1) is 30.5. The summed E-state index contributed by atoms with van der Waals surface area (Å²) in [5, 5.41) is 0. The lowest BCUT2D eigenvalue weighted by Gasteiger charge is -2.33. The molecule has 0 amide bonds. The number of esters is 1. The van der Waals surface area contributed by atoms with E-state index in [9.17, 15) is 4.79 Å². The molecule has 2 nitrogen and oxygen atoms in total. The summed E-state index contributed by atoms with van der Waals surface area (Å²) < 4.78 is 5.66. The molecule has 0 aromatic carbocycles. The summed E-state index contributed by atoms with van der Waals surface area (Å²) in [6.07, 6.45) is 22.7. The van der Waals surface area contributed by atoms with Gasteiger partial charge in [-0.15, -0.1) is 0 Å². The highest BCUT2D eigenvalue weighted by Crippen LogP contribution is 2.36. The van der Waals surface area contributed by atoms with Crippen LogP contribution in [0.25, 0.3) is 0 Å². The topological polar surface area (TPSA) is 26.3 Å². The van der Waals surface area contributed by atoms with Gasteiger partial charge in [0, 0.05) is 0 Å². The summed E-state index contributed by atoms with van der Waals surface area (Å²) in [5.74, 6) is -0.0167. The molecule has 0 aliphatic carbocycles. The number of ether oxygens (including phenoxy) is 1. The molecule has 2 heteroatoms. The second-order valence-electron chi connectivity index (χ2n) is 12.2. The van der Waals surface area contributed by atoms with Gasteiger partial charge in [0.1, 0.15) is 0 Å². The van der Waals surface area contributed by atoms with Crippen LogP contribution in [0.5, 0.6) is 0 Å². The predicted molar refractivity (Wildman–Crippen MR) is 138 cm³/mol. The first-order valence-corrected chi connectivity index (χ1v) is 13.7. The quantitative estimate of drug-likeness (QED) is 0.148. The van der Waals surface area contributed by atoms with Crippen LogP contribution in [0.2, 0.25) is 0 Å². The zero-order valence-corrected chi connectivity index (χ0v) is 22.6. The average Bonchev–Trinajstić information content (AvgIpc) is 2.67. The minimum atomic E-state index is -0.0427. The summed E-state index contributed by atoms with van der Waals surface area (Å²) >= 11 is 0. The molecule has 0 aromatic heterocycles. The third kappa shape index (κ3) is 19.9. The van der Waals surface area contributed by atoms with E-state index in [1.807, 2.05) is 0 Å². The maximum Gasteiger partial charge on any atom is 0.309 e. The fourth-order valence-corrected chi connectivity index (χ4v) is 4.28. The summed E-state index contributed by atoms with van der Waals surface area (Å²) in [6.45, 7) is 15.9. The molecule has 0 heterocycles. The van der Waals surface area contributed by atoms with Gasteiger partial charge in [-0.3, -0.25) is 4.79 Å². The Morgan fingerprint density at radius 2 is 0.968 bits per heavy atom. The van der Waals surface area contributed by atoms with Crippen molar-refractivity contribution >= 4 is 5.97 Å². The maximum atomic E-state index is 12.6. The lowest BCUT2D eigenvalue weighted by Crippen LogP contribution is -2.33. The van der Waals surface area contributed by atoms with E-state index in [0.717, 1.165) is 12.8 Å². The van der Waals surface area contributed by atoms with E-state index in [-0.39, 0.29) is 22.7 Å². The highest BCUT2D eigenvalue weighted by atomic mass is 16.5. The second-order valence-corrected chi connectivity index (χ2v) is 12.2. The van der Waals surface area contributed by atoms with Crippen LogP contribution in [-0.4, -0.2) is 12.6 Å². The van der Waals surface area contributed by atoms with E-state index in [4.69, 9.17) is 4.74 Å². The molecule has 0 fully saturated rings. The Morgan fingerprint density at radius 1 is 0.613 bits per heavy atom. The third-order valence-electron chi connectivity index (χ3n) is 6.39. The maximum absolute atomic E-state index is 12.6. The highest BCUT2D eigenvalue weighted by Gasteiger charge is 2.35. The Hall–Kier alpha value is -0.530. The van der Waals surface area contributed by atoms with Crippen LogP contribution in [0.1, 0.15) is 158 Å². The Bertz CT molecular complexity index is 413. The van der Waals surface area contributed by atoms with Crippen LogP contribution in [-0.2, 0) is 9.53 Å². The SMILES string of the molecule is CCCCCCCCCCCCCCCCCCOC(=O)C(CC(C)(C)C)C(C)(C)C. The molecule has 0 rings (SSSR count). The van der Waals surface area contributed by atoms with Gasteiger partial charge in [-0.25, -0.2) is 0 Å². The number of carbonyl (C=O) groups excluding carboxylic acids is 1. The van der Waals surface area contributed by atoms with Gasteiger partial charge in [0.15, 0.2) is 0 Å².